The molecule has 0 spiro atoms. The highest BCUT2D eigenvalue weighted by Gasteiger charge is 2.25. The molecule has 1 unspecified atom stereocenters. The maximum atomic E-state index is 14.4. The van der Waals surface area contributed by atoms with Gasteiger partial charge in [-0.2, -0.15) is 5.26 Å². The molecule has 0 saturated heterocycles. The van der Waals surface area contributed by atoms with E-state index in [9.17, 15) is 22.4 Å². The molecule has 0 radical (unpaired) electrons. The minimum absolute atomic E-state index is 0.0854. The van der Waals surface area contributed by atoms with Crippen molar-refractivity contribution >= 4 is 27.3 Å². The van der Waals surface area contributed by atoms with Crippen molar-refractivity contribution < 1.29 is 22.4 Å². The fraction of sp³-hybridized carbons (Fsp3) is 0.450. The summed E-state index contributed by atoms with van der Waals surface area (Å²) in [6.07, 6.45) is 4.24. The Kier molecular flexibility index (Phi) is 7.94. The number of hydrogen-bond acceptors (Lipinski definition) is 5. The number of nitriles is 1. The van der Waals surface area contributed by atoms with E-state index in [0.29, 0.717) is 36.9 Å². The van der Waals surface area contributed by atoms with Crippen molar-refractivity contribution in [3.8, 4) is 6.07 Å². The zero-order valence-electron chi connectivity index (χ0n) is 16.9. The molecular formula is C20H25FN4O4S. The average molecular weight is 437 g/mol. The molecule has 2 rings (SSSR count). The highest BCUT2D eigenvalue weighted by molar-refractivity contribution is 7.90. The molecule has 1 atom stereocenters. The number of hydrogen-bond donors (Lipinski definition) is 2. The summed E-state index contributed by atoms with van der Waals surface area (Å²) in [6.45, 7) is 2.31. The van der Waals surface area contributed by atoms with Crippen LogP contribution >= 0.6 is 0 Å². The maximum absolute atomic E-state index is 14.4. The van der Waals surface area contributed by atoms with Crippen LogP contribution in [0.4, 0.5) is 9.18 Å². The Balaban J connectivity index is 2.05. The van der Waals surface area contributed by atoms with Crippen LogP contribution in [-0.4, -0.2) is 57.2 Å². The molecule has 30 heavy (non-hydrogen) atoms. The van der Waals surface area contributed by atoms with Crippen LogP contribution in [0.25, 0.3) is 5.57 Å². The first kappa shape index (κ1) is 23.3. The number of carbonyl (C=O) groups is 2. The van der Waals surface area contributed by atoms with E-state index in [-0.39, 0.29) is 18.0 Å². The second kappa shape index (κ2) is 10.2. The van der Waals surface area contributed by atoms with Crippen LogP contribution in [0.2, 0.25) is 0 Å². The molecule has 0 aliphatic carbocycles. The first-order valence-corrected chi connectivity index (χ1v) is 11.5. The zero-order valence-corrected chi connectivity index (χ0v) is 17.8. The van der Waals surface area contributed by atoms with Gasteiger partial charge in [0, 0.05) is 24.9 Å². The lowest BCUT2D eigenvalue weighted by atomic mass is 9.99. The average Bonchev–Trinajstić information content (AvgIpc) is 2.71. The normalized spacial score (nSPS) is 15.0. The number of halogens is 1. The summed E-state index contributed by atoms with van der Waals surface area (Å²) < 4.78 is 37.5. The van der Waals surface area contributed by atoms with E-state index in [0.717, 1.165) is 12.3 Å². The molecular weight excluding hydrogens is 411 g/mol. The maximum Gasteiger partial charge on any atom is 0.318 e. The smallest absolute Gasteiger partial charge is 0.318 e. The molecule has 2 N–H and O–H groups in total. The Morgan fingerprint density at radius 3 is 2.63 bits per heavy atom. The topological polar surface area (TPSA) is 119 Å². The van der Waals surface area contributed by atoms with E-state index in [1.54, 1.807) is 6.08 Å². The summed E-state index contributed by atoms with van der Waals surface area (Å²) >= 11 is 0. The Bertz CT molecular complexity index is 985. The van der Waals surface area contributed by atoms with Crippen molar-refractivity contribution in [3.05, 3.63) is 35.7 Å². The van der Waals surface area contributed by atoms with Gasteiger partial charge >= 0.3 is 6.03 Å². The SMILES string of the molecule is CCCC(NC(=O)N1CC=C(c2ccc(S(C)(=O)=O)cc2F)CC1)C(=O)NCC#N. The lowest BCUT2D eigenvalue weighted by Gasteiger charge is -2.29. The molecule has 1 heterocycles. The van der Waals surface area contributed by atoms with Gasteiger partial charge in [-0.3, -0.25) is 4.79 Å². The first-order valence-electron chi connectivity index (χ1n) is 9.56. The lowest BCUT2D eigenvalue weighted by Crippen LogP contribution is -2.52. The lowest BCUT2D eigenvalue weighted by molar-refractivity contribution is -0.122. The van der Waals surface area contributed by atoms with E-state index in [1.165, 1.54) is 17.0 Å². The molecule has 0 fully saturated rings. The van der Waals surface area contributed by atoms with Gasteiger partial charge in [0.1, 0.15) is 18.4 Å². The van der Waals surface area contributed by atoms with Crippen LogP contribution in [-0.2, 0) is 14.6 Å². The predicted molar refractivity (Wildman–Crippen MR) is 110 cm³/mol. The second-order valence-electron chi connectivity index (χ2n) is 7.01. The minimum Gasteiger partial charge on any atom is -0.341 e. The van der Waals surface area contributed by atoms with Crippen molar-refractivity contribution in [1.29, 1.82) is 5.26 Å². The summed E-state index contributed by atoms with van der Waals surface area (Å²) in [5.74, 6) is -1.03. The molecule has 0 saturated carbocycles. The minimum atomic E-state index is -3.49. The van der Waals surface area contributed by atoms with Crippen molar-refractivity contribution in [1.82, 2.24) is 15.5 Å². The number of nitrogens with zero attached hydrogens (tertiary/aromatic N) is 2. The van der Waals surface area contributed by atoms with Crippen molar-refractivity contribution in [2.24, 2.45) is 0 Å². The van der Waals surface area contributed by atoms with E-state index in [4.69, 9.17) is 5.26 Å². The van der Waals surface area contributed by atoms with Gasteiger partial charge in [0.2, 0.25) is 5.91 Å². The van der Waals surface area contributed by atoms with Gasteiger partial charge in [0.25, 0.3) is 0 Å². The van der Waals surface area contributed by atoms with Crippen LogP contribution in [0, 0.1) is 17.1 Å². The fourth-order valence-corrected chi connectivity index (χ4v) is 3.77. The van der Waals surface area contributed by atoms with Crippen molar-refractivity contribution in [2.45, 2.75) is 37.1 Å². The van der Waals surface area contributed by atoms with Crippen molar-refractivity contribution in [2.75, 3.05) is 25.9 Å². The Morgan fingerprint density at radius 1 is 1.37 bits per heavy atom. The van der Waals surface area contributed by atoms with E-state index >= 15 is 0 Å². The third-order valence-electron chi connectivity index (χ3n) is 4.74. The molecule has 0 bridgehead atoms. The van der Waals surface area contributed by atoms with Crippen LogP contribution in [0.1, 0.15) is 31.7 Å². The van der Waals surface area contributed by atoms with Gasteiger partial charge in [0.15, 0.2) is 9.84 Å². The molecule has 1 aliphatic rings. The van der Waals surface area contributed by atoms with Gasteiger partial charge in [-0.1, -0.05) is 25.5 Å². The predicted octanol–water partition coefficient (Wildman–Crippen LogP) is 1.84. The third kappa shape index (κ3) is 6.03. The van der Waals surface area contributed by atoms with E-state index in [1.807, 2.05) is 13.0 Å². The number of nitrogens with one attached hydrogen (secondary N) is 2. The Hall–Kier alpha value is -2.93. The Morgan fingerprint density at radius 2 is 2.10 bits per heavy atom. The summed E-state index contributed by atoms with van der Waals surface area (Å²) in [6, 6.07) is 4.47. The molecule has 3 amide bonds. The van der Waals surface area contributed by atoms with Crippen LogP contribution in [0.3, 0.4) is 0 Å². The largest absolute Gasteiger partial charge is 0.341 e. The van der Waals surface area contributed by atoms with Gasteiger partial charge in [-0.25, -0.2) is 17.6 Å². The number of carbonyl (C=O) groups excluding carboxylic acids is 2. The highest BCUT2D eigenvalue weighted by atomic mass is 32.2. The molecule has 1 aromatic rings. The van der Waals surface area contributed by atoms with Gasteiger partial charge in [-0.05, 0) is 30.5 Å². The quantitative estimate of drug-likeness (QED) is 0.632. The summed E-state index contributed by atoms with van der Waals surface area (Å²) in [5, 5.41) is 13.7. The Labute approximate surface area is 175 Å². The number of benzene rings is 1. The standard InChI is InChI=1S/C20H25FN4O4S/c1-3-4-18(19(26)23-10-9-22)24-20(27)25-11-7-14(8-12-25)16-6-5-15(13-17(16)21)30(2,28)29/h5-7,13,18H,3-4,8,10-12H2,1-2H3,(H,23,26)(H,24,27). The molecule has 10 heteroatoms. The monoisotopic (exact) mass is 436 g/mol. The van der Waals surface area contributed by atoms with Gasteiger partial charge in [-0.15, -0.1) is 0 Å². The second-order valence-corrected chi connectivity index (χ2v) is 9.02. The number of urea groups is 1. The number of amides is 3. The van der Waals surface area contributed by atoms with E-state index < -0.39 is 33.6 Å². The van der Waals surface area contributed by atoms with Crippen molar-refractivity contribution in [3.63, 3.8) is 0 Å². The summed E-state index contributed by atoms with van der Waals surface area (Å²) in [5.41, 5.74) is 0.996. The van der Waals surface area contributed by atoms with E-state index in [2.05, 4.69) is 10.6 Å². The molecule has 8 nitrogen and oxygen atoms in total. The van der Waals surface area contributed by atoms with Gasteiger partial charge < -0.3 is 15.5 Å². The molecule has 0 aromatic heterocycles. The molecule has 162 valence electrons. The summed E-state index contributed by atoms with van der Waals surface area (Å²) in [4.78, 5) is 26.0. The molecule has 1 aromatic carbocycles. The van der Waals surface area contributed by atoms with Crippen LogP contribution < -0.4 is 10.6 Å². The van der Waals surface area contributed by atoms with Crippen LogP contribution in [0.15, 0.2) is 29.2 Å². The number of sulfone groups is 1. The van der Waals surface area contributed by atoms with Gasteiger partial charge in [0.05, 0.1) is 11.0 Å². The third-order valence-corrected chi connectivity index (χ3v) is 5.85. The molecule has 1 aliphatic heterocycles. The zero-order chi connectivity index (χ0) is 22.3. The first-order chi connectivity index (χ1) is 14.2. The fourth-order valence-electron chi connectivity index (χ4n) is 3.13. The van der Waals surface area contributed by atoms with Crippen LogP contribution in [0.5, 0.6) is 0 Å². The highest BCUT2D eigenvalue weighted by Crippen LogP contribution is 2.26. The summed E-state index contributed by atoms with van der Waals surface area (Å²) in [7, 11) is -3.49. The number of rotatable bonds is 7.